The molecule has 3 aliphatic rings. The van der Waals surface area contributed by atoms with Gasteiger partial charge in [-0.25, -0.2) is 0 Å². The predicted molar refractivity (Wildman–Crippen MR) is 87.3 cm³/mol. The summed E-state index contributed by atoms with van der Waals surface area (Å²) in [7, 11) is 0. The molecule has 23 heavy (non-hydrogen) atoms. The smallest absolute Gasteiger partial charge is 0.240 e. The van der Waals surface area contributed by atoms with Crippen LogP contribution in [0.25, 0.3) is 0 Å². The molecule has 0 spiro atoms. The average molecular weight is 306 g/mol. The Kier molecular flexibility index (Phi) is 3.01. The van der Waals surface area contributed by atoms with E-state index in [4.69, 9.17) is 5.73 Å². The van der Waals surface area contributed by atoms with Gasteiger partial charge in [0.05, 0.1) is 12.0 Å². The van der Waals surface area contributed by atoms with Crippen LogP contribution < -0.4 is 5.73 Å². The standard InChI is InChI=1S/C19H18N2O2/c20-16-8-6-15(7-9-16)19-10-14(11-19)17(22)21(18(19)23)12-13-4-2-1-3-5-13/h1-9,14H,10-12,20H2. The van der Waals surface area contributed by atoms with Gasteiger partial charge in [-0.05, 0) is 36.1 Å². The number of benzene rings is 2. The highest BCUT2D eigenvalue weighted by atomic mass is 16.2. The lowest BCUT2D eigenvalue weighted by Crippen LogP contribution is -2.65. The lowest BCUT2D eigenvalue weighted by Gasteiger charge is -2.53. The van der Waals surface area contributed by atoms with Crippen LogP contribution in [0.2, 0.25) is 0 Å². The van der Waals surface area contributed by atoms with E-state index in [1.807, 2.05) is 54.6 Å². The molecular formula is C19H18N2O2. The summed E-state index contributed by atoms with van der Waals surface area (Å²) in [4.78, 5) is 27.0. The van der Waals surface area contributed by atoms with Gasteiger partial charge in [-0.15, -0.1) is 0 Å². The van der Waals surface area contributed by atoms with E-state index in [0.717, 1.165) is 11.1 Å². The molecule has 2 bridgehead atoms. The summed E-state index contributed by atoms with van der Waals surface area (Å²) in [5, 5.41) is 0. The highest BCUT2D eigenvalue weighted by Gasteiger charge is 2.61. The van der Waals surface area contributed by atoms with Crippen LogP contribution in [0.4, 0.5) is 5.69 Å². The van der Waals surface area contributed by atoms with E-state index in [1.54, 1.807) is 0 Å². The summed E-state index contributed by atoms with van der Waals surface area (Å²) in [6.45, 7) is 0.353. The van der Waals surface area contributed by atoms with E-state index in [9.17, 15) is 9.59 Å². The minimum atomic E-state index is -0.541. The van der Waals surface area contributed by atoms with Crippen molar-refractivity contribution in [1.29, 1.82) is 0 Å². The fourth-order valence-electron chi connectivity index (χ4n) is 3.79. The first-order valence-corrected chi connectivity index (χ1v) is 7.86. The van der Waals surface area contributed by atoms with E-state index in [2.05, 4.69) is 0 Å². The SMILES string of the molecule is Nc1ccc(C23CC(C2)C(=O)N(Cc2ccccc2)C3=O)cc1. The molecule has 2 aromatic rings. The maximum absolute atomic E-state index is 13.1. The number of anilines is 1. The van der Waals surface area contributed by atoms with E-state index in [-0.39, 0.29) is 17.7 Å². The molecule has 0 atom stereocenters. The molecule has 0 aromatic heterocycles. The Bertz CT molecular complexity index is 762. The third-order valence-corrected chi connectivity index (χ3v) is 5.11. The van der Waals surface area contributed by atoms with Crippen LogP contribution in [-0.2, 0) is 21.5 Å². The van der Waals surface area contributed by atoms with Gasteiger partial charge >= 0.3 is 0 Å². The summed E-state index contributed by atoms with van der Waals surface area (Å²) < 4.78 is 0. The molecule has 116 valence electrons. The first-order valence-electron chi connectivity index (χ1n) is 7.86. The second kappa shape index (κ2) is 4.95. The van der Waals surface area contributed by atoms with Crippen molar-refractivity contribution in [3.8, 4) is 0 Å². The van der Waals surface area contributed by atoms with Crippen molar-refractivity contribution < 1.29 is 9.59 Å². The van der Waals surface area contributed by atoms with Gasteiger partial charge in [0.2, 0.25) is 11.8 Å². The Morgan fingerprint density at radius 1 is 1.00 bits per heavy atom. The van der Waals surface area contributed by atoms with Crippen LogP contribution in [0.1, 0.15) is 24.0 Å². The monoisotopic (exact) mass is 306 g/mol. The molecule has 5 rings (SSSR count). The Hall–Kier alpha value is -2.62. The zero-order chi connectivity index (χ0) is 16.0. The lowest BCUT2D eigenvalue weighted by molar-refractivity contribution is -0.169. The number of nitrogens with zero attached hydrogens (tertiary/aromatic N) is 1. The maximum Gasteiger partial charge on any atom is 0.240 e. The topological polar surface area (TPSA) is 63.4 Å². The first-order chi connectivity index (χ1) is 11.1. The summed E-state index contributed by atoms with van der Waals surface area (Å²) in [6.07, 6.45) is 1.25. The molecular weight excluding hydrogens is 288 g/mol. The van der Waals surface area contributed by atoms with Gasteiger partial charge in [0.1, 0.15) is 0 Å². The maximum atomic E-state index is 13.1. The van der Waals surface area contributed by atoms with E-state index in [0.29, 0.717) is 25.1 Å². The highest BCUT2D eigenvalue weighted by Crippen LogP contribution is 2.53. The fourth-order valence-corrected chi connectivity index (χ4v) is 3.79. The Morgan fingerprint density at radius 3 is 2.30 bits per heavy atom. The number of piperidine rings is 2. The van der Waals surface area contributed by atoms with Crippen LogP contribution in [0, 0.1) is 5.92 Å². The first kappa shape index (κ1) is 14.0. The van der Waals surface area contributed by atoms with Crippen molar-refractivity contribution in [3.63, 3.8) is 0 Å². The second-order valence-corrected chi connectivity index (χ2v) is 6.52. The van der Waals surface area contributed by atoms with Crippen molar-refractivity contribution in [2.24, 2.45) is 5.92 Å². The number of amides is 2. The van der Waals surface area contributed by atoms with Crippen molar-refractivity contribution in [3.05, 3.63) is 65.7 Å². The minimum Gasteiger partial charge on any atom is -0.399 e. The van der Waals surface area contributed by atoms with Crippen molar-refractivity contribution in [2.75, 3.05) is 5.73 Å². The molecule has 1 saturated carbocycles. The Morgan fingerprint density at radius 2 is 1.65 bits per heavy atom. The number of nitrogens with two attached hydrogens (primary N) is 1. The molecule has 0 radical (unpaired) electrons. The van der Waals surface area contributed by atoms with E-state index >= 15 is 0 Å². The molecule has 4 nitrogen and oxygen atoms in total. The number of hydrogen-bond acceptors (Lipinski definition) is 3. The third-order valence-electron chi connectivity index (χ3n) is 5.11. The molecule has 2 aromatic carbocycles. The van der Waals surface area contributed by atoms with E-state index < -0.39 is 5.41 Å². The zero-order valence-electron chi connectivity index (χ0n) is 12.7. The van der Waals surface area contributed by atoms with E-state index in [1.165, 1.54) is 4.90 Å². The number of rotatable bonds is 3. The van der Waals surface area contributed by atoms with Crippen molar-refractivity contribution in [1.82, 2.24) is 4.90 Å². The van der Waals surface area contributed by atoms with Crippen LogP contribution >= 0.6 is 0 Å². The molecule has 2 aliphatic heterocycles. The number of hydrogen-bond donors (Lipinski definition) is 1. The quantitative estimate of drug-likeness (QED) is 0.700. The number of carbonyl (C=O) groups is 2. The van der Waals surface area contributed by atoms with Gasteiger partial charge in [0.15, 0.2) is 0 Å². The Balaban J connectivity index is 1.66. The van der Waals surface area contributed by atoms with Crippen molar-refractivity contribution in [2.45, 2.75) is 24.8 Å². The summed E-state index contributed by atoms with van der Waals surface area (Å²) in [5.74, 6) is -0.135. The van der Waals surface area contributed by atoms with Crippen molar-refractivity contribution >= 4 is 17.5 Å². The normalized spacial score (nSPS) is 26.1. The van der Waals surface area contributed by atoms with Crippen LogP contribution in [0.15, 0.2) is 54.6 Å². The molecule has 0 unspecified atom stereocenters. The van der Waals surface area contributed by atoms with Gasteiger partial charge in [0, 0.05) is 11.6 Å². The van der Waals surface area contributed by atoms with Crippen LogP contribution in [0.3, 0.4) is 0 Å². The highest BCUT2D eigenvalue weighted by molar-refractivity contribution is 6.07. The molecule has 2 saturated heterocycles. The molecule has 2 amide bonds. The molecule has 2 N–H and O–H groups in total. The van der Waals surface area contributed by atoms with Gasteiger partial charge in [-0.3, -0.25) is 14.5 Å². The summed E-state index contributed by atoms with van der Waals surface area (Å²) in [6, 6.07) is 17.1. The molecule has 2 heterocycles. The third kappa shape index (κ3) is 2.05. The molecule has 3 fully saturated rings. The van der Waals surface area contributed by atoms with Gasteiger partial charge in [-0.2, -0.15) is 0 Å². The average Bonchev–Trinajstić information content (AvgIpc) is 2.52. The second-order valence-electron chi connectivity index (χ2n) is 6.52. The molecule has 4 heteroatoms. The lowest BCUT2D eigenvalue weighted by atomic mass is 9.55. The largest absolute Gasteiger partial charge is 0.399 e. The van der Waals surface area contributed by atoms with Crippen LogP contribution in [0.5, 0.6) is 0 Å². The van der Waals surface area contributed by atoms with Gasteiger partial charge in [-0.1, -0.05) is 42.5 Å². The number of imide groups is 1. The number of fused-ring (bicyclic) bond motifs is 2. The summed E-state index contributed by atoms with van der Waals surface area (Å²) >= 11 is 0. The number of carbonyl (C=O) groups excluding carboxylic acids is 2. The zero-order valence-corrected chi connectivity index (χ0v) is 12.7. The number of nitrogen functional groups attached to an aromatic ring is 1. The predicted octanol–water partition coefficient (Wildman–Crippen LogP) is 2.49. The fraction of sp³-hybridized carbons (Fsp3) is 0.263. The van der Waals surface area contributed by atoms with Crippen LogP contribution in [-0.4, -0.2) is 16.7 Å². The van der Waals surface area contributed by atoms with Gasteiger partial charge in [0.25, 0.3) is 0 Å². The minimum absolute atomic E-state index is 0.0313. The molecule has 1 aliphatic carbocycles. The van der Waals surface area contributed by atoms with Gasteiger partial charge < -0.3 is 5.73 Å². The Labute approximate surface area is 134 Å². The summed E-state index contributed by atoms with van der Waals surface area (Å²) in [5.41, 5.74) is 7.84.